The highest BCUT2D eigenvalue weighted by molar-refractivity contribution is 5.94. The van der Waals surface area contributed by atoms with Crippen molar-refractivity contribution < 1.29 is 19.1 Å². The third-order valence-electron chi connectivity index (χ3n) is 7.74. The summed E-state index contributed by atoms with van der Waals surface area (Å²) in [7, 11) is 3.17. The Morgan fingerprint density at radius 1 is 0.929 bits per heavy atom. The molecule has 1 N–H and O–H groups in total. The topological polar surface area (TPSA) is 94.9 Å². The lowest BCUT2D eigenvalue weighted by Gasteiger charge is -2.39. The number of piperidine rings is 1. The van der Waals surface area contributed by atoms with Gasteiger partial charge in [0.15, 0.2) is 11.5 Å². The van der Waals surface area contributed by atoms with Crippen LogP contribution in [0.2, 0.25) is 0 Å². The Hall–Kier alpha value is -4.35. The molecule has 0 atom stereocenters. The average Bonchev–Trinajstić information content (AvgIpc) is 3.03. The van der Waals surface area contributed by atoms with Crippen LogP contribution in [0, 0.1) is 11.3 Å². The Balaban J connectivity index is 1.33. The second-order valence-corrected chi connectivity index (χ2v) is 10.7. The maximum atomic E-state index is 13.2. The molecule has 3 aromatic carbocycles. The zero-order valence-electron chi connectivity index (χ0n) is 24.8. The number of carbonyl (C=O) groups is 2. The van der Waals surface area contributed by atoms with Gasteiger partial charge in [0.2, 0.25) is 5.91 Å². The van der Waals surface area contributed by atoms with E-state index in [1.54, 1.807) is 14.2 Å². The highest BCUT2D eigenvalue weighted by atomic mass is 16.5. The number of likely N-dealkylation sites (tertiary alicyclic amines) is 1. The van der Waals surface area contributed by atoms with E-state index in [1.165, 1.54) is 5.56 Å². The lowest BCUT2D eigenvalue weighted by molar-refractivity contribution is -0.135. The summed E-state index contributed by atoms with van der Waals surface area (Å²) in [6.45, 7) is 5.61. The van der Waals surface area contributed by atoms with Crippen molar-refractivity contribution in [3.05, 3.63) is 94.5 Å². The molecule has 0 radical (unpaired) electrons. The Bertz CT molecular complexity index is 1370. The van der Waals surface area contributed by atoms with Crippen LogP contribution in [0.15, 0.2) is 66.7 Å². The molecule has 1 saturated heterocycles. The Labute approximate surface area is 248 Å². The molecule has 0 bridgehead atoms. The van der Waals surface area contributed by atoms with Crippen LogP contribution in [0.4, 0.5) is 0 Å². The fourth-order valence-electron chi connectivity index (χ4n) is 5.34. The molecule has 1 aliphatic heterocycles. The third kappa shape index (κ3) is 8.11. The van der Waals surface area contributed by atoms with Crippen LogP contribution in [0.25, 0.3) is 0 Å². The molecular formula is C34H40N4O4. The van der Waals surface area contributed by atoms with E-state index >= 15 is 0 Å². The number of rotatable bonds is 12. The molecule has 8 heteroatoms. The molecule has 42 heavy (non-hydrogen) atoms. The number of carbonyl (C=O) groups excluding carboxylic acids is 2. The number of nitrogens with one attached hydrogen (secondary N) is 1. The van der Waals surface area contributed by atoms with Gasteiger partial charge in [-0.3, -0.25) is 14.5 Å². The van der Waals surface area contributed by atoms with Crippen molar-refractivity contribution in [2.75, 3.05) is 27.3 Å². The van der Waals surface area contributed by atoms with E-state index in [1.807, 2.05) is 78.6 Å². The van der Waals surface area contributed by atoms with Crippen molar-refractivity contribution in [3.63, 3.8) is 0 Å². The number of nitrogens with zero attached hydrogens (tertiary/aromatic N) is 3. The zero-order chi connectivity index (χ0) is 29.9. The number of benzene rings is 3. The summed E-state index contributed by atoms with van der Waals surface area (Å²) in [6, 6.07) is 23.2. The van der Waals surface area contributed by atoms with Gasteiger partial charge in [-0.05, 0) is 72.4 Å². The van der Waals surface area contributed by atoms with Crippen LogP contribution in [0.5, 0.6) is 11.5 Å². The maximum Gasteiger partial charge on any atom is 0.251 e. The van der Waals surface area contributed by atoms with Crippen molar-refractivity contribution >= 4 is 11.8 Å². The fraction of sp³-hybridized carbons (Fsp3) is 0.382. The van der Waals surface area contributed by atoms with Gasteiger partial charge in [0, 0.05) is 50.7 Å². The lowest BCUT2D eigenvalue weighted by Crippen LogP contribution is -2.46. The van der Waals surface area contributed by atoms with E-state index in [9.17, 15) is 9.59 Å². The predicted octanol–water partition coefficient (Wildman–Crippen LogP) is 5.30. The molecule has 0 saturated carbocycles. The van der Waals surface area contributed by atoms with Gasteiger partial charge in [-0.2, -0.15) is 5.26 Å². The number of ether oxygens (including phenoxy) is 2. The monoisotopic (exact) mass is 568 g/mol. The van der Waals surface area contributed by atoms with Crippen LogP contribution in [0.1, 0.15) is 65.2 Å². The molecule has 2 amide bonds. The highest BCUT2D eigenvalue weighted by Crippen LogP contribution is 2.27. The quantitative estimate of drug-likeness (QED) is 0.319. The van der Waals surface area contributed by atoms with Crippen LogP contribution < -0.4 is 14.8 Å². The van der Waals surface area contributed by atoms with Gasteiger partial charge in [0.05, 0.1) is 25.9 Å². The minimum absolute atomic E-state index is 0.162. The Kier molecular flexibility index (Phi) is 11.0. The van der Waals surface area contributed by atoms with Crippen molar-refractivity contribution in [1.82, 2.24) is 15.1 Å². The molecule has 1 heterocycles. The first kappa shape index (κ1) is 30.6. The van der Waals surface area contributed by atoms with Gasteiger partial charge in [-0.1, -0.05) is 37.3 Å². The Morgan fingerprint density at radius 3 is 2.19 bits per heavy atom. The summed E-state index contributed by atoms with van der Waals surface area (Å²) in [6.07, 6.45) is 3.18. The minimum Gasteiger partial charge on any atom is -0.493 e. The first-order chi connectivity index (χ1) is 20.4. The van der Waals surface area contributed by atoms with E-state index in [-0.39, 0.29) is 17.9 Å². The van der Waals surface area contributed by atoms with E-state index in [4.69, 9.17) is 14.7 Å². The first-order valence-corrected chi connectivity index (χ1v) is 14.5. The summed E-state index contributed by atoms with van der Waals surface area (Å²) in [5.74, 6) is 1.28. The summed E-state index contributed by atoms with van der Waals surface area (Å²) in [5, 5.41) is 12.0. The van der Waals surface area contributed by atoms with E-state index in [2.05, 4.69) is 16.3 Å². The van der Waals surface area contributed by atoms with Gasteiger partial charge in [0.1, 0.15) is 0 Å². The van der Waals surface area contributed by atoms with Gasteiger partial charge < -0.3 is 19.7 Å². The number of amides is 2. The maximum absolute atomic E-state index is 13.2. The number of hydrogen-bond acceptors (Lipinski definition) is 6. The smallest absolute Gasteiger partial charge is 0.251 e. The fourth-order valence-corrected chi connectivity index (χ4v) is 5.34. The zero-order valence-corrected chi connectivity index (χ0v) is 24.8. The predicted molar refractivity (Wildman–Crippen MR) is 162 cm³/mol. The summed E-state index contributed by atoms with van der Waals surface area (Å²) in [5.41, 5.74) is 4.35. The Morgan fingerprint density at radius 2 is 1.57 bits per heavy atom. The van der Waals surface area contributed by atoms with Gasteiger partial charge in [0.25, 0.3) is 5.91 Å². The molecule has 1 aliphatic rings. The standard InChI is InChI=1S/C34H40N4O4/c1-4-5-33(39)38(30-16-18-37(19-17-30)23-26-8-6-25(21-35)7-9-26)24-27-10-13-29(14-11-27)34(40)36-22-28-12-15-31(41-2)32(20-28)42-3/h6-15,20,30H,4-5,16-19,22-24H2,1-3H3,(H,36,40). The molecular weight excluding hydrogens is 528 g/mol. The summed E-state index contributed by atoms with van der Waals surface area (Å²) in [4.78, 5) is 30.4. The van der Waals surface area contributed by atoms with Crippen LogP contribution >= 0.6 is 0 Å². The summed E-state index contributed by atoms with van der Waals surface area (Å²) >= 11 is 0. The number of nitriles is 1. The van der Waals surface area contributed by atoms with Gasteiger partial charge in [-0.15, -0.1) is 0 Å². The summed E-state index contributed by atoms with van der Waals surface area (Å²) < 4.78 is 10.6. The van der Waals surface area contributed by atoms with Crippen LogP contribution in [-0.2, 0) is 24.4 Å². The number of methoxy groups -OCH3 is 2. The molecule has 1 fully saturated rings. The highest BCUT2D eigenvalue weighted by Gasteiger charge is 2.28. The van der Waals surface area contributed by atoms with Crippen LogP contribution in [0.3, 0.4) is 0 Å². The molecule has 8 nitrogen and oxygen atoms in total. The molecule has 220 valence electrons. The van der Waals surface area contributed by atoms with Gasteiger partial charge >= 0.3 is 0 Å². The van der Waals surface area contributed by atoms with E-state index in [0.717, 1.165) is 50.0 Å². The third-order valence-corrected chi connectivity index (χ3v) is 7.74. The van der Waals surface area contributed by atoms with Crippen LogP contribution in [-0.4, -0.2) is 55.0 Å². The van der Waals surface area contributed by atoms with Crippen molar-refractivity contribution in [2.24, 2.45) is 0 Å². The molecule has 3 aromatic rings. The molecule has 0 aromatic heterocycles. The number of hydrogen-bond donors (Lipinski definition) is 1. The average molecular weight is 569 g/mol. The normalized spacial score (nSPS) is 13.7. The SMILES string of the molecule is CCCC(=O)N(Cc1ccc(C(=O)NCc2ccc(OC)c(OC)c2)cc1)C1CCN(Cc2ccc(C#N)cc2)CC1. The lowest BCUT2D eigenvalue weighted by atomic mass is 10.00. The molecule has 0 aliphatic carbocycles. The largest absolute Gasteiger partial charge is 0.493 e. The minimum atomic E-state index is -0.162. The first-order valence-electron chi connectivity index (χ1n) is 14.5. The van der Waals surface area contributed by atoms with Crippen molar-refractivity contribution in [3.8, 4) is 17.6 Å². The van der Waals surface area contributed by atoms with Crippen molar-refractivity contribution in [1.29, 1.82) is 5.26 Å². The van der Waals surface area contributed by atoms with E-state index in [0.29, 0.717) is 42.1 Å². The second-order valence-electron chi connectivity index (χ2n) is 10.7. The molecule has 0 spiro atoms. The second kappa shape index (κ2) is 15.0. The molecule has 0 unspecified atom stereocenters. The van der Waals surface area contributed by atoms with E-state index < -0.39 is 0 Å². The van der Waals surface area contributed by atoms with Gasteiger partial charge in [-0.25, -0.2) is 0 Å². The van der Waals surface area contributed by atoms with Crippen molar-refractivity contribution in [2.45, 2.75) is 58.3 Å². The molecule has 4 rings (SSSR count).